The summed E-state index contributed by atoms with van der Waals surface area (Å²) in [5.41, 5.74) is 0. The Morgan fingerprint density at radius 2 is 1.64 bits per heavy atom. The minimum Gasteiger partial charge on any atom is -0.491 e. The number of nitrogens with zero attached hydrogens (tertiary/aromatic N) is 1. The number of ether oxygens (including phenoxy) is 1. The molecule has 1 N–H and O–H groups in total. The molecule has 0 radical (unpaired) electrons. The summed E-state index contributed by atoms with van der Waals surface area (Å²) in [5, 5.41) is 2.97. The second-order valence-electron chi connectivity index (χ2n) is 7.03. The highest BCUT2D eigenvalue weighted by Gasteiger charge is 2.32. The van der Waals surface area contributed by atoms with Gasteiger partial charge >= 0.3 is 0 Å². The van der Waals surface area contributed by atoms with Gasteiger partial charge in [0.15, 0.2) is 0 Å². The molecule has 7 heteroatoms. The van der Waals surface area contributed by atoms with E-state index in [-0.39, 0.29) is 17.9 Å². The Hall–Kier alpha value is -2.38. The normalized spacial score (nSPS) is 17.0. The molecular weight excluding hydrogens is 376 g/mol. The third kappa shape index (κ3) is 5.11. The summed E-state index contributed by atoms with van der Waals surface area (Å²) in [6.07, 6.45) is 1.04. The van der Waals surface area contributed by atoms with Crippen molar-refractivity contribution in [2.45, 2.75) is 30.7 Å². The van der Waals surface area contributed by atoms with E-state index in [1.807, 2.05) is 37.3 Å². The van der Waals surface area contributed by atoms with E-state index < -0.39 is 10.0 Å². The first-order valence-corrected chi connectivity index (χ1v) is 10.9. The van der Waals surface area contributed by atoms with Crippen molar-refractivity contribution < 1.29 is 17.9 Å². The zero-order valence-electron chi connectivity index (χ0n) is 16.0. The van der Waals surface area contributed by atoms with E-state index in [1.54, 1.807) is 30.3 Å². The number of piperidine rings is 1. The highest BCUT2D eigenvalue weighted by molar-refractivity contribution is 7.89. The molecule has 0 aliphatic carbocycles. The van der Waals surface area contributed by atoms with Crippen molar-refractivity contribution in [3.63, 3.8) is 0 Å². The SMILES string of the molecule is C[C@@H](COc1ccccc1)NC(=O)C1CCN(S(=O)(=O)c2ccccc2)CC1. The van der Waals surface area contributed by atoms with E-state index in [1.165, 1.54) is 4.31 Å². The van der Waals surface area contributed by atoms with E-state index in [4.69, 9.17) is 4.74 Å². The lowest BCUT2D eigenvalue weighted by Crippen LogP contribution is -2.45. The smallest absolute Gasteiger partial charge is 0.243 e. The number of benzene rings is 2. The first-order valence-electron chi connectivity index (χ1n) is 9.50. The average Bonchev–Trinajstić information content (AvgIpc) is 2.73. The Morgan fingerprint density at radius 3 is 2.25 bits per heavy atom. The zero-order chi connectivity index (χ0) is 20.0. The van der Waals surface area contributed by atoms with Crippen molar-refractivity contribution in [3.05, 3.63) is 60.7 Å². The predicted octanol–water partition coefficient (Wildman–Crippen LogP) is 2.67. The number of nitrogens with one attached hydrogen (secondary N) is 1. The number of hydrogen-bond acceptors (Lipinski definition) is 4. The van der Waals surface area contributed by atoms with Gasteiger partial charge in [-0.05, 0) is 44.0 Å². The molecule has 1 aliphatic heterocycles. The Labute approximate surface area is 166 Å². The van der Waals surface area contributed by atoms with Crippen LogP contribution in [-0.4, -0.2) is 44.4 Å². The molecule has 28 heavy (non-hydrogen) atoms. The molecule has 1 atom stereocenters. The Balaban J connectivity index is 1.47. The van der Waals surface area contributed by atoms with E-state index in [0.717, 1.165) is 5.75 Å². The van der Waals surface area contributed by atoms with Crippen LogP contribution in [0.4, 0.5) is 0 Å². The van der Waals surface area contributed by atoms with Gasteiger partial charge in [0.2, 0.25) is 15.9 Å². The standard InChI is InChI=1S/C21H26N2O4S/c1-17(16-27-19-8-4-2-5-9-19)22-21(24)18-12-14-23(15-13-18)28(25,26)20-10-6-3-7-11-20/h2-11,17-18H,12-16H2,1H3,(H,22,24)/t17-/m0/s1. The largest absolute Gasteiger partial charge is 0.491 e. The second-order valence-corrected chi connectivity index (χ2v) is 8.96. The number of carbonyl (C=O) groups excluding carboxylic acids is 1. The quantitative estimate of drug-likeness (QED) is 0.773. The minimum absolute atomic E-state index is 0.0408. The van der Waals surface area contributed by atoms with Crippen LogP contribution in [-0.2, 0) is 14.8 Å². The number of hydrogen-bond donors (Lipinski definition) is 1. The fourth-order valence-electron chi connectivity index (χ4n) is 3.24. The first kappa shape index (κ1) is 20.4. The molecule has 0 aromatic heterocycles. The number of amides is 1. The van der Waals surface area contributed by atoms with E-state index in [0.29, 0.717) is 37.4 Å². The zero-order valence-corrected chi connectivity index (χ0v) is 16.8. The van der Waals surface area contributed by atoms with Gasteiger partial charge in [-0.1, -0.05) is 36.4 Å². The Bertz CT molecular complexity index is 864. The topological polar surface area (TPSA) is 75.7 Å². The molecular formula is C21H26N2O4S. The average molecular weight is 403 g/mol. The molecule has 0 spiro atoms. The molecule has 2 aromatic rings. The van der Waals surface area contributed by atoms with Gasteiger partial charge < -0.3 is 10.1 Å². The summed E-state index contributed by atoms with van der Waals surface area (Å²) in [7, 11) is -3.49. The molecule has 3 rings (SSSR count). The van der Waals surface area contributed by atoms with Crippen molar-refractivity contribution in [2.24, 2.45) is 5.92 Å². The minimum atomic E-state index is -3.49. The number of para-hydroxylation sites is 1. The molecule has 2 aromatic carbocycles. The van der Waals surface area contributed by atoms with Gasteiger partial charge in [-0.3, -0.25) is 4.79 Å². The summed E-state index contributed by atoms with van der Waals surface area (Å²) in [6.45, 7) is 2.99. The Morgan fingerprint density at radius 1 is 1.07 bits per heavy atom. The maximum Gasteiger partial charge on any atom is 0.243 e. The molecule has 1 heterocycles. The highest BCUT2D eigenvalue weighted by atomic mass is 32.2. The third-order valence-corrected chi connectivity index (χ3v) is 6.75. The van der Waals surface area contributed by atoms with Crippen LogP contribution < -0.4 is 10.1 Å². The maximum atomic E-state index is 12.7. The van der Waals surface area contributed by atoms with Gasteiger partial charge in [0.25, 0.3) is 0 Å². The van der Waals surface area contributed by atoms with Crippen LogP contribution in [0.3, 0.4) is 0 Å². The van der Waals surface area contributed by atoms with Gasteiger partial charge in [0.1, 0.15) is 12.4 Å². The van der Waals surface area contributed by atoms with Crippen molar-refractivity contribution in [1.29, 1.82) is 0 Å². The summed E-state index contributed by atoms with van der Waals surface area (Å²) >= 11 is 0. The fourth-order valence-corrected chi connectivity index (χ4v) is 4.73. The molecule has 0 bridgehead atoms. The van der Waals surface area contributed by atoms with E-state index in [2.05, 4.69) is 5.32 Å². The van der Waals surface area contributed by atoms with Crippen LogP contribution in [0.2, 0.25) is 0 Å². The van der Waals surface area contributed by atoms with Crippen LogP contribution in [0.5, 0.6) is 5.75 Å². The molecule has 0 saturated carbocycles. The van der Waals surface area contributed by atoms with Gasteiger partial charge in [-0.15, -0.1) is 0 Å². The van der Waals surface area contributed by atoms with Crippen molar-refractivity contribution in [2.75, 3.05) is 19.7 Å². The van der Waals surface area contributed by atoms with Gasteiger partial charge in [-0.2, -0.15) is 4.31 Å². The van der Waals surface area contributed by atoms with Crippen molar-refractivity contribution >= 4 is 15.9 Å². The summed E-state index contributed by atoms with van der Waals surface area (Å²) < 4.78 is 32.5. The lowest BCUT2D eigenvalue weighted by molar-refractivity contribution is -0.126. The van der Waals surface area contributed by atoms with Crippen LogP contribution in [0.15, 0.2) is 65.6 Å². The summed E-state index contributed by atoms with van der Waals surface area (Å²) in [5.74, 6) is 0.547. The van der Waals surface area contributed by atoms with E-state index in [9.17, 15) is 13.2 Å². The molecule has 1 fully saturated rings. The second kappa shape index (κ2) is 9.21. The van der Waals surface area contributed by atoms with Crippen LogP contribution in [0.25, 0.3) is 0 Å². The molecule has 0 unspecified atom stereocenters. The maximum absolute atomic E-state index is 12.7. The molecule has 150 valence electrons. The van der Waals surface area contributed by atoms with Crippen LogP contribution in [0.1, 0.15) is 19.8 Å². The third-order valence-electron chi connectivity index (χ3n) is 4.84. The monoisotopic (exact) mass is 402 g/mol. The van der Waals surface area contributed by atoms with Gasteiger partial charge in [-0.25, -0.2) is 8.42 Å². The van der Waals surface area contributed by atoms with Crippen LogP contribution >= 0.6 is 0 Å². The van der Waals surface area contributed by atoms with Gasteiger partial charge in [0.05, 0.1) is 10.9 Å². The van der Waals surface area contributed by atoms with Crippen LogP contribution in [0, 0.1) is 5.92 Å². The molecule has 1 saturated heterocycles. The van der Waals surface area contributed by atoms with E-state index >= 15 is 0 Å². The number of rotatable bonds is 7. The number of sulfonamides is 1. The Kier molecular flexibility index (Phi) is 6.70. The lowest BCUT2D eigenvalue weighted by Gasteiger charge is -2.31. The molecule has 1 amide bonds. The highest BCUT2D eigenvalue weighted by Crippen LogP contribution is 2.24. The molecule has 6 nitrogen and oxygen atoms in total. The molecule has 1 aliphatic rings. The summed E-state index contributed by atoms with van der Waals surface area (Å²) in [6, 6.07) is 17.8. The fraction of sp³-hybridized carbons (Fsp3) is 0.381. The first-order chi connectivity index (χ1) is 13.5. The van der Waals surface area contributed by atoms with Gasteiger partial charge in [0, 0.05) is 19.0 Å². The van der Waals surface area contributed by atoms with Crippen molar-refractivity contribution in [1.82, 2.24) is 9.62 Å². The predicted molar refractivity (Wildman–Crippen MR) is 107 cm³/mol. The summed E-state index contributed by atoms with van der Waals surface area (Å²) in [4.78, 5) is 12.8. The number of carbonyl (C=O) groups is 1. The lowest BCUT2D eigenvalue weighted by atomic mass is 9.97. The van der Waals surface area contributed by atoms with Crippen molar-refractivity contribution in [3.8, 4) is 5.75 Å².